The van der Waals surface area contributed by atoms with Crippen molar-refractivity contribution in [2.24, 2.45) is 0 Å². The summed E-state index contributed by atoms with van der Waals surface area (Å²) in [6.07, 6.45) is 2.29. The van der Waals surface area contributed by atoms with Crippen LogP contribution in [0.4, 0.5) is 5.00 Å². The Hall–Kier alpha value is -2.54. The Labute approximate surface area is 149 Å². The average molecular weight is 377 g/mol. The van der Waals surface area contributed by atoms with E-state index in [0.717, 1.165) is 23.0 Å². The SMILES string of the molecule is N#CC(=Cc1ccsc1[N+](=O)[O-])S(=O)(=O)NCCCc1ccccc1. The summed E-state index contributed by atoms with van der Waals surface area (Å²) in [5.74, 6) is 0. The van der Waals surface area contributed by atoms with Gasteiger partial charge in [0.2, 0.25) is 0 Å². The molecular weight excluding hydrogens is 362 g/mol. The van der Waals surface area contributed by atoms with Gasteiger partial charge in [0, 0.05) is 6.54 Å². The topological polar surface area (TPSA) is 113 Å². The Morgan fingerprint density at radius 1 is 1.32 bits per heavy atom. The van der Waals surface area contributed by atoms with Gasteiger partial charge in [-0.15, -0.1) is 0 Å². The highest BCUT2D eigenvalue weighted by Crippen LogP contribution is 2.28. The van der Waals surface area contributed by atoms with Crippen LogP contribution in [0.1, 0.15) is 17.5 Å². The zero-order chi connectivity index (χ0) is 18.3. The molecule has 7 nitrogen and oxygen atoms in total. The van der Waals surface area contributed by atoms with Crippen molar-refractivity contribution < 1.29 is 13.3 Å². The third-order valence-electron chi connectivity index (χ3n) is 3.30. The molecule has 0 bridgehead atoms. The first-order valence-electron chi connectivity index (χ1n) is 7.31. The van der Waals surface area contributed by atoms with Crippen molar-refractivity contribution in [2.45, 2.75) is 12.8 Å². The van der Waals surface area contributed by atoms with Crippen molar-refractivity contribution in [2.75, 3.05) is 6.54 Å². The van der Waals surface area contributed by atoms with Gasteiger partial charge in [0.1, 0.15) is 6.07 Å². The number of aryl methyl sites for hydroxylation is 1. The molecule has 0 saturated carbocycles. The molecule has 0 aliphatic heterocycles. The van der Waals surface area contributed by atoms with E-state index in [-0.39, 0.29) is 17.1 Å². The van der Waals surface area contributed by atoms with Crippen molar-refractivity contribution in [1.82, 2.24) is 4.72 Å². The quantitative estimate of drug-likeness (QED) is 0.329. The van der Waals surface area contributed by atoms with E-state index >= 15 is 0 Å². The molecule has 0 saturated heterocycles. The van der Waals surface area contributed by atoms with Gasteiger partial charge in [0.05, 0.1) is 10.5 Å². The molecule has 9 heteroatoms. The van der Waals surface area contributed by atoms with Crippen molar-refractivity contribution in [3.8, 4) is 6.07 Å². The lowest BCUT2D eigenvalue weighted by molar-refractivity contribution is -0.380. The fourth-order valence-electron chi connectivity index (χ4n) is 2.10. The lowest BCUT2D eigenvalue weighted by atomic mass is 10.1. The highest BCUT2D eigenvalue weighted by molar-refractivity contribution is 7.93. The maximum Gasteiger partial charge on any atom is 0.331 e. The molecule has 1 aromatic heterocycles. The van der Waals surface area contributed by atoms with Crippen molar-refractivity contribution >= 4 is 32.4 Å². The van der Waals surface area contributed by atoms with Gasteiger partial charge in [0.25, 0.3) is 10.0 Å². The van der Waals surface area contributed by atoms with Gasteiger partial charge in [0.15, 0.2) is 4.91 Å². The Bertz CT molecular complexity index is 912. The molecule has 1 N–H and O–H groups in total. The maximum atomic E-state index is 12.2. The first kappa shape index (κ1) is 18.8. The smallest absolute Gasteiger partial charge is 0.258 e. The largest absolute Gasteiger partial charge is 0.331 e. The van der Waals surface area contributed by atoms with Crippen LogP contribution in [0.5, 0.6) is 0 Å². The predicted molar refractivity (Wildman–Crippen MR) is 96.2 cm³/mol. The summed E-state index contributed by atoms with van der Waals surface area (Å²) >= 11 is 0.872. The highest BCUT2D eigenvalue weighted by Gasteiger charge is 2.20. The van der Waals surface area contributed by atoms with Gasteiger partial charge in [-0.25, -0.2) is 13.1 Å². The molecule has 0 atom stereocenters. The van der Waals surface area contributed by atoms with Crippen molar-refractivity contribution in [3.63, 3.8) is 0 Å². The summed E-state index contributed by atoms with van der Waals surface area (Å²) in [5.41, 5.74) is 1.19. The van der Waals surface area contributed by atoms with Gasteiger partial charge in [-0.3, -0.25) is 10.1 Å². The minimum absolute atomic E-state index is 0.0983. The molecule has 2 aromatic rings. The van der Waals surface area contributed by atoms with Crippen LogP contribution in [-0.2, 0) is 16.4 Å². The third kappa shape index (κ3) is 5.22. The zero-order valence-corrected chi connectivity index (χ0v) is 14.7. The van der Waals surface area contributed by atoms with E-state index in [4.69, 9.17) is 5.26 Å². The van der Waals surface area contributed by atoms with E-state index in [1.54, 1.807) is 6.07 Å². The molecule has 0 aliphatic rings. The summed E-state index contributed by atoms with van der Waals surface area (Å²) in [7, 11) is -4.01. The fourth-order valence-corrected chi connectivity index (χ4v) is 3.77. The van der Waals surface area contributed by atoms with Crippen molar-refractivity contribution in [3.05, 3.63) is 67.9 Å². The number of sulfonamides is 1. The van der Waals surface area contributed by atoms with Gasteiger partial charge < -0.3 is 0 Å². The Balaban J connectivity index is 2.03. The van der Waals surface area contributed by atoms with E-state index in [2.05, 4.69) is 4.72 Å². The standard InChI is InChI=1S/C16H15N3O4S2/c17-12-15(11-14-8-10-24-16(14)19(20)21)25(22,23)18-9-4-7-13-5-2-1-3-6-13/h1-3,5-6,8,10-11,18H,4,7,9H2. The van der Waals surface area contributed by atoms with Crippen LogP contribution in [0, 0.1) is 21.4 Å². The van der Waals surface area contributed by atoms with E-state index in [1.807, 2.05) is 30.3 Å². The molecule has 1 heterocycles. The Morgan fingerprint density at radius 2 is 2.04 bits per heavy atom. The number of hydrogen-bond acceptors (Lipinski definition) is 6. The number of nitriles is 1. The number of nitrogens with zero attached hydrogens (tertiary/aromatic N) is 2. The number of nitro groups is 1. The van der Waals surface area contributed by atoms with Crippen molar-refractivity contribution in [1.29, 1.82) is 5.26 Å². The number of thiophene rings is 1. The summed E-state index contributed by atoms with van der Waals surface area (Å²) in [6, 6.07) is 12.6. The van der Waals surface area contributed by atoms with Gasteiger partial charge in [-0.1, -0.05) is 41.7 Å². The second-order valence-electron chi connectivity index (χ2n) is 5.05. The van der Waals surface area contributed by atoms with Gasteiger partial charge >= 0.3 is 5.00 Å². The van der Waals surface area contributed by atoms with Crippen LogP contribution < -0.4 is 4.72 Å². The van der Waals surface area contributed by atoms with Crippen LogP contribution in [0.2, 0.25) is 0 Å². The maximum absolute atomic E-state index is 12.2. The van der Waals surface area contributed by atoms with E-state index in [9.17, 15) is 18.5 Å². The molecule has 0 spiro atoms. The lowest BCUT2D eigenvalue weighted by Crippen LogP contribution is -2.26. The van der Waals surface area contributed by atoms with Crippen LogP contribution in [0.15, 0.2) is 46.7 Å². The molecule has 0 amide bonds. The molecular formula is C16H15N3O4S2. The Morgan fingerprint density at radius 3 is 2.68 bits per heavy atom. The summed E-state index contributed by atoms with van der Waals surface area (Å²) < 4.78 is 26.8. The zero-order valence-electron chi connectivity index (χ0n) is 13.1. The molecule has 0 unspecified atom stereocenters. The highest BCUT2D eigenvalue weighted by atomic mass is 32.2. The number of hydrogen-bond donors (Lipinski definition) is 1. The van der Waals surface area contributed by atoms with E-state index in [0.29, 0.717) is 12.8 Å². The molecule has 0 aliphatic carbocycles. The first-order chi connectivity index (χ1) is 11.9. The summed E-state index contributed by atoms with van der Waals surface area (Å²) in [4.78, 5) is 9.73. The van der Waals surface area contributed by atoms with Crippen LogP contribution in [0.25, 0.3) is 6.08 Å². The second kappa shape index (κ2) is 8.53. The number of rotatable bonds is 8. The van der Waals surface area contributed by atoms with Crippen LogP contribution >= 0.6 is 11.3 Å². The van der Waals surface area contributed by atoms with Crippen LogP contribution in [0.3, 0.4) is 0 Å². The van der Waals surface area contributed by atoms with E-state index in [1.165, 1.54) is 11.4 Å². The van der Waals surface area contributed by atoms with Crippen LogP contribution in [-0.4, -0.2) is 19.9 Å². The monoisotopic (exact) mass is 377 g/mol. The molecule has 0 fully saturated rings. The molecule has 0 radical (unpaired) electrons. The van der Waals surface area contributed by atoms with E-state index < -0.39 is 19.9 Å². The summed E-state index contributed by atoms with van der Waals surface area (Å²) in [5, 5.41) is 21.3. The average Bonchev–Trinajstić information content (AvgIpc) is 3.06. The first-order valence-corrected chi connectivity index (χ1v) is 9.67. The molecule has 1 aromatic carbocycles. The second-order valence-corrected chi connectivity index (χ2v) is 7.68. The Kier molecular flexibility index (Phi) is 6.41. The number of allylic oxidation sites excluding steroid dienone is 1. The summed E-state index contributed by atoms with van der Waals surface area (Å²) in [6.45, 7) is 0.169. The number of nitrogens with one attached hydrogen (secondary N) is 1. The van der Waals surface area contributed by atoms with Gasteiger partial charge in [-0.05, 0) is 35.9 Å². The lowest BCUT2D eigenvalue weighted by Gasteiger charge is -2.05. The number of benzene rings is 1. The minimum atomic E-state index is -4.01. The normalized spacial score (nSPS) is 11.9. The predicted octanol–water partition coefficient (Wildman–Crippen LogP) is 3.07. The van der Waals surface area contributed by atoms with Gasteiger partial charge in [-0.2, -0.15) is 5.26 Å². The molecule has 25 heavy (non-hydrogen) atoms. The third-order valence-corrected chi connectivity index (χ3v) is 5.56. The molecule has 2 rings (SSSR count). The molecule has 130 valence electrons. The fraction of sp³-hybridized carbons (Fsp3) is 0.188. The minimum Gasteiger partial charge on any atom is -0.258 e.